The Balaban J connectivity index is 2.30. The average Bonchev–Trinajstić information content (AvgIpc) is 3.12. The topological polar surface area (TPSA) is 21.8 Å². The van der Waals surface area contributed by atoms with E-state index in [1.54, 1.807) is 0 Å². The van der Waals surface area contributed by atoms with Crippen molar-refractivity contribution in [3.8, 4) is 0 Å². The van der Waals surface area contributed by atoms with E-state index in [0.29, 0.717) is 12.1 Å². The fourth-order valence-corrected chi connectivity index (χ4v) is 1.67. The number of halogens is 7. The van der Waals surface area contributed by atoms with Crippen LogP contribution >= 0.6 is 0 Å². The molecule has 9 heteroatoms. The van der Waals surface area contributed by atoms with Crippen LogP contribution in [0.1, 0.15) is 17.2 Å². The van der Waals surface area contributed by atoms with Crippen LogP contribution in [0, 0.1) is 5.82 Å². The molecule has 0 aliphatic carbocycles. The molecule has 0 radical (unpaired) electrons. The van der Waals surface area contributed by atoms with Crippen molar-refractivity contribution < 1.29 is 40.2 Å². The van der Waals surface area contributed by atoms with Gasteiger partial charge < -0.3 is 9.47 Å². The molecule has 1 aromatic carbocycles. The van der Waals surface area contributed by atoms with Crippen LogP contribution in [0.2, 0.25) is 0 Å². The molecule has 0 spiro atoms. The van der Waals surface area contributed by atoms with E-state index in [0.717, 1.165) is 0 Å². The summed E-state index contributed by atoms with van der Waals surface area (Å²) in [6, 6.07) is 1.08. The number of epoxide rings is 1. The van der Waals surface area contributed by atoms with Gasteiger partial charge in [0.15, 0.2) is 6.10 Å². The lowest BCUT2D eigenvalue weighted by atomic mass is 10.0. The van der Waals surface area contributed by atoms with Gasteiger partial charge in [-0.1, -0.05) is 6.07 Å². The van der Waals surface area contributed by atoms with E-state index in [2.05, 4.69) is 9.47 Å². The lowest BCUT2D eigenvalue weighted by Gasteiger charge is -2.22. The van der Waals surface area contributed by atoms with Crippen molar-refractivity contribution in [1.82, 2.24) is 0 Å². The van der Waals surface area contributed by atoms with E-state index in [4.69, 9.17) is 0 Å². The normalized spacial score (nSPS) is 20.4. The van der Waals surface area contributed by atoms with Gasteiger partial charge in [0.05, 0.1) is 18.8 Å². The van der Waals surface area contributed by atoms with Gasteiger partial charge in [-0.25, -0.2) is 4.39 Å². The van der Waals surface area contributed by atoms with Gasteiger partial charge >= 0.3 is 12.4 Å². The molecule has 1 saturated heterocycles. The van der Waals surface area contributed by atoms with Crippen LogP contribution in [-0.4, -0.2) is 25.5 Å². The van der Waals surface area contributed by atoms with Crippen molar-refractivity contribution in [3.63, 3.8) is 0 Å². The Morgan fingerprint density at radius 3 is 2.29 bits per heavy atom. The van der Waals surface area contributed by atoms with Crippen LogP contribution in [0.4, 0.5) is 30.7 Å². The molecular formula is C12H9F7O2. The third-order valence-electron chi connectivity index (χ3n) is 2.75. The van der Waals surface area contributed by atoms with Gasteiger partial charge in [-0.15, -0.1) is 0 Å². The van der Waals surface area contributed by atoms with Gasteiger partial charge in [0, 0.05) is 0 Å². The monoisotopic (exact) mass is 318 g/mol. The summed E-state index contributed by atoms with van der Waals surface area (Å²) >= 11 is 0. The second-order valence-corrected chi connectivity index (χ2v) is 4.45. The van der Waals surface area contributed by atoms with Crippen LogP contribution in [-0.2, 0) is 15.7 Å². The van der Waals surface area contributed by atoms with Crippen molar-refractivity contribution >= 4 is 0 Å². The zero-order valence-electron chi connectivity index (χ0n) is 10.3. The Morgan fingerprint density at radius 1 is 1.19 bits per heavy atom. The minimum absolute atomic E-state index is 0.112. The highest BCUT2D eigenvalue weighted by Crippen LogP contribution is 2.39. The molecule has 1 heterocycles. The lowest BCUT2D eigenvalue weighted by Crippen LogP contribution is -2.25. The highest BCUT2D eigenvalue weighted by Gasteiger charge is 2.44. The summed E-state index contributed by atoms with van der Waals surface area (Å²) in [6.45, 7) is -0.162. The fraction of sp³-hybridized carbons (Fsp3) is 0.500. The predicted molar refractivity (Wildman–Crippen MR) is 55.9 cm³/mol. The van der Waals surface area contributed by atoms with Crippen LogP contribution in [0.3, 0.4) is 0 Å². The van der Waals surface area contributed by atoms with Gasteiger partial charge in [0.1, 0.15) is 11.9 Å². The largest absolute Gasteiger partial charge is 0.419 e. The van der Waals surface area contributed by atoms with Gasteiger partial charge in [0.25, 0.3) is 0 Å². The molecule has 1 aliphatic heterocycles. The third-order valence-corrected chi connectivity index (χ3v) is 2.75. The van der Waals surface area contributed by atoms with Crippen LogP contribution in [0.15, 0.2) is 18.2 Å². The summed E-state index contributed by atoms with van der Waals surface area (Å²) in [5.74, 6) is -1.64. The van der Waals surface area contributed by atoms with Gasteiger partial charge in [-0.3, -0.25) is 0 Å². The zero-order valence-corrected chi connectivity index (χ0v) is 10.3. The molecule has 0 aromatic heterocycles. The smallest absolute Gasteiger partial charge is 0.371 e. The molecule has 1 fully saturated rings. The molecule has 2 atom stereocenters. The Kier molecular flexibility index (Phi) is 4.16. The maximum Gasteiger partial charge on any atom is 0.419 e. The van der Waals surface area contributed by atoms with E-state index in [1.807, 2.05) is 0 Å². The van der Waals surface area contributed by atoms with Gasteiger partial charge in [0.2, 0.25) is 0 Å². The molecule has 0 amide bonds. The summed E-state index contributed by atoms with van der Waals surface area (Å²) in [5, 5.41) is 0. The molecule has 1 aliphatic rings. The van der Waals surface area contributed by atoms with Gasteiger partial charge in [-0.05, 0) is 17.7 Å². The van der Waals surface area contributed by atoms with Crippen molar-refractivity contribution in [2.45, 2.75) is 24.6 Å². The van der Waals surface area contributed by atoms with E-state index >= 15 is 0 Å². The number of hydrogen-bond donors (Lipinski definition) is 0. The summed E-state index contributed by atoms with van der Waals surface area (Å²) in [4.78, 5) is 0. The molecule has 21 heavy (non-hydrogen) atoms. The maximum absolute atomic E-state index is 13.1. The number of hydrogen-bond acceptors (Lipinski definition) is 2. The molecule has 0 saturated carbocycles. The SMILES string of the molecule is Fc1ccc(C(OCC2CO2)C(F)(F)F)cc1C(F)(F)F. The van der Waals surface area contributed by atoms with E-state index in [-0.39, 0.29) is 12.7 Å². The quantitative estimate of drug-likeness (QED) is 0.621. The fourth-order valence-electron chi connectivity index (χ4n) is 1.67. The Labute approximate surface area is 114 Å². The first-order valence-electron chi connectivity index (χ1n) is 5.75. The third kappa shape index (κ3) is 4.07. The first-order valence-corrected chi connectivity index (χ1v) is 5.75. The summed E-state index contributed by atoms with van der Waals surface area (Å²) in [6.07, 6.45) is -13.1. The highest BCUT2D eigenvalue weighted by atomic mass is 19.4. The molecule has 2 rings (SSSR count). The maximum atomic E-state index is 13.1. The van der Waals surface area contributed by atoms with Crippen LogP contribution in [0.25, 0.3) is 0 Å². The molecule has 2 unspecified atom stereocenters. The van der Waals surface area contributed by atoms with E-state index in [9.17, 15) is 30.7 Å². The Morgan fingerprint density at radius 2 is 1.81 bits per heavy atom. The minimum atomic E-state index is -5.09. The number of benzene rings is 1. The molecular weight excluding hydrogens is 309 g/mol. The average molecular weight is 318 g/mol. The lowest BCUT2D eigenvalue weighted by molar-refractivity contribution is -0.225. The first kappa shape index (κ1) is 16.0. The van der Waals surface area contributed by atoms with Crippen molar-refractivity contribution in [2.75, 3.05) is 13.2 Å². The van der Waals surface area contributed by atoms with Crippen molar-refractivity contribution in [2.24, 2.45) is 0 Å². The number of ether oxygens (including phenoxy) is 2. The standard InChI is InChI=1S/C12H9F7O2/c13-9-2-1-6(3-8(9)11(14,15)16)10(12(17,18)19)21-5-7-4-20-7/h1-3,7,10H,4-5H2. The molecule has 2 nitrogen and oxygen atoms in total. The second-order valence-electron chi connectivity index (χ2n) is 4.45. The Bertz CT molecular complexity index is 505. The first-order chi connectivity index (χ1) is 9.59. The predicted octanol–water partition coefficient (Wildman–Crippen LogP) is 3.86. The summed E-state index contributed by atoms with van der Waals surface area (Å²) in [7, 11) is 0. The minimum Gasteiger partial charge on any atom is -0.371 e. The second kappa shape index (κ2) is 5.45. The van der Waals surface area contributed by atoms with E-state index in [1.165, 1.54) is 0 Å². The molecule has 118 valence electrons. The molecule has 1 aromatic rings. The molecule has 0 bridgehead atoms. The van der Waals surface area contributed by atoms with Crippen molar-refractivity contribution in [1.29, 1.82) is 0 Å². The molecule has 0 N–H and O–H groups in total. The van der Waals surface area contributed by atoms with E-state index < -0.39 is 48.1 Å². The van der Waals surface area contributed by atoms with Crippen LogP contribution in [0.5, 0.6) is 0 Å². The van der Waals surface area contributed by atoms with Gasteiger partial charge in [-0.2, -0.15) is 26.3 Å². The number of alkyl halides is 6. The number of rotatable bonds is 4. The highest BCUT2D eigenvalue weighted by molar-refractivity contribution is 5.29. The van der Waals surface area contributed by atoms with Crippen LogP contribution < -0.4 is 0 Å². The van der Waals surface area contributed by atoms with Crippen molar-refractivity contribution in [3.05, 3.63) is 35.1 Å². The summed E-state index contributed by atoms with van der Waals surface area (Å²) < 4.78 is 98.5. The summed E-state index contributed by atoms with van der Waals surface area (Å²) in [5.41, 5.74) is -2.57. The Hall–Kier alpha value is -1.35. The zero-order chi connectivity index (χ0) is 15.8.